The predicted molar refractivity (Wildman–Crippen MR) is 171 cm³/mol. The van der Waals surface area contributed by atoms with Gasteiger partial charge in [-0.3, -0.25) is 19.3 Å². The van der Waals surface area contributed by atoms with Gasteiger partial charge in [0.05, 0.1) is 18.6 Å². The molecule has 0 radical (unpaired) electrons. The molecule has 42 heavy (non-hydrogen) atoms. The monoisotopic (exact) mass is 596 g/mol. The van der Waals surface area contributed by atoms with Crippen molar-refractivity contribution in [1.29, 1.82) is 0 Å². The molecule has 0 aromatic heterocycles. The highest BCUT2D eigenvalue weighted by Crippen LogP contribution is 2.42. The first-order chi connectivity index (χ1) is 19.6. The molecule has 1 aromatic carbocycles. The van der Waals surface area contributed by atoms with E-state index < -0.39 is 12.5 Å². The van der Waals surface area contributed by atoms with Crippen molar-refractivity contribution in [2.45, 2.75) is 97.9 Å². The molecule has 1 aromatic rings. The molecule has 0 fully saturated rings. The van der Waals surface area contributed by atoms with Crippen LogP contribution in [0, 0.1) is 17.8 Å². The summed E-state index contributed by atoms with van der Waals surface area (Å²) in [6, 6.07) is 2.02. The normalized spacial score (nSPS) is 16.1. The second kappa shape index (κ2) is 19.1. The highest BCUT2D eigenvalue weighted by molar-refractivity contribution is 6.03. The number of ketones is 3. The van der Waals surface area contributed by atoms with E-state index in [9.17, 15) is 29.7 Å². The Morgan fingerprint density at radius 3 is 2.17 bits per heavy atom. The molecule has 3 unspecified atom stereocenters. The minimum atomic E-state index is -0.752. The predicted octanol–water partition coefficient (Wildman–Crippen LogP) is 4.60. The number of nitrogens with zero attached hydrogens (tertiary/aromatic N) is 2. The van der Waals surface area contributed by atoms with Crippen molar-refractivity contribution >= 4 is 23.0 Å². The van der Waals surface area contributed by atoms with E-state index in [1.165, 1.54) is 6.92 Å². The first-order valence-electron chi connectivity index (χ1n) is 15.6. The third-order valence-corrected chi connectivity index (χ3v) is 8.48. The summed E-state index contributed by atoms with van der Waals surface area (Å²) in [5.74, 6) is -1.80. The van der Waals surface area contributed by atoms with Crippen LogP contribution in [0.4, 0.5) is 5.69 Å². The van der Waals surface area contributed by atoms with E-state index in [1.807, 2.05) is 25.1 Å². The van der Waals surface area contributed by atoms with E-state index in [0.29, 0.717) is 31.4 Å². The molecule has 5 N–H and O–H groups in total. The molecule has 0 saturated carbocycles. The highest BCUT2D eigenvalue weighted by atomic mass is 16.3. The molecule has 3 atom stereocenters. The zero-order chi connectivity index (χ0) is 30.5. The van der Waals surface area contributed by atoms with Crippen molar-refractivity contribution in [3.8, 4) is 5.75 Å². The van der Waals surface area contributed by atoms with Gasteiger partial charge in [-0.25, -0.2) is 0 Å². The molecule has 0 spiro atoms. The molecule has 9 nitrogen and oxygen atoms in total. The molecule has 244 valence electrons. The maximum Gasteiger partial charge on any atom is 0.167 e. The number of aliphatic hydroxyl groups excluding tert-OH is 2. The lowest BCUT2D eigenvalue weighted by Crippen LogP contribution is -2.33. The molecule has 0 aliphatic heterocycles. The summed E-state index contributed by atoms with van der Waals surface area (Å²) < 4.78 is 0. The summed E-state index contributed by atoms with van der Waals surface area (Å²) in [6.45, 7) is 7.71. The van der Waals surface area contributed by atoms with E-state index >= 15 is 0 Å². The van der Waals surface area contributed by atoms with Gasteiger partial charge in [0.2, 0.25) is 0 Å². The van der Waals surface area contributed by atoms with E-state index in [4.69, 9.17) is 0 Å². The van der Waals surface area contributed by atoms with Crippen molar-refractivity contribution in [3.63, 3.8) is 0 Å². The number of hydrogen-bond acceptors (Lipinski definition) is 8. The van der Waals surface area contributed by atoms with Crippen molar-refractivity contribution in [1.82, 2.24) is 4.90 Å². The van der Waals surface area contributed by atoms with E-state index in [1.54, 1.807) is 0 Å². The Morgan fingerprint density at radius 1 is 1.05 bits per heavy atom. The van der Waals surface area contributed by atoms with E-state index in [0.717, 1.165) is 68.4 Å². The minimum Gasteiger partial charge on any atom is -0.507 e. The lowest BCUT2D eigenvalue weighted by Gasteiger charge is -2.33. The van der Waals surface area contributed by atoms with Gasteiger partial charge >= 0.3 is 0 Å². The number of aliphatic hydroxyl groups is 2. The molecule has 9 heteroatoms. The number of hydrogen-bond donors (Lipinski definition) is 3. The smallest absolute Gasteiger partial charge is 0.167 e. The summed E-state index contributed by atoms with van der Waals surface area (Å²) >= 11 is 0. The summed E-state index contributed by atoms with van der Waals surface area (Å²) in [6.07, 6.45) is 8.16. The SMILES string of the molecule is CCCCCN(CCCCC)Cc1cc(N(C)C)c2c(c1O)C(=O)CC(CC(CCO)C(CO)C(=O)CC(C)=O)C2.O.[HH].[HH]. The van der Waals surface area contributed by atoms with Crippen LogP contribution in [0.15, 0.2) is 6.07 Å². The third kappa shape index (κ3) is 10.7. The summed E-state index contributed by atoms with van der Waals surface area (Å²) in [4.78, 5) is 42.3. The fourth-order valence-corrected chi connectivity index (χ4v) is 6.32. The van der Waals surface area contributed by atoms with Gasteiger partial charge < -0.3 is 25.7 Å². The number of anilines is 1. The number of Topliss-reactive ketones (excluding diaryl/α,β-unsaturated/α-hetero) is 3. The van der Waals surface area contributed by atoms with Crippen LogP contribution in [-0.4, -0.2) is 83.4 Å². The summed E-state index contributed by atoms with van der Waals surface area (Å²) in [5.41, 5.74) is 2.92. The number of benzene rings is 1. The first kappa shape index (κ1) is 37.7. The fraction of sp³-hybridized carbons (Fsp3) is 0.727. The maximum atomic E-state index is 13.6. The molecular weight excluding hydrogens is 536 g/mol. The fourth-order valence-electron chi connectivity index (χ4n) is 6.32. The van der Waals surface area contributed by atoms with Gasteiger partial charge in [-0.2, -0.15) is 0 Å². The standard InChI is InChI=1S/C33H54N2O6.H2O.2H2/c1-6-8-10-13-35(14-11-9-7-2)21-26-20-29(34(4)5)27-18-24(19-31(40)32(27)33(26)41)17-25(12-15-36)28(22-37)30(39)16-23(3)38;;;/h20,24-25,28,36-37,41H,6-19,21-22H2,1-5H3;1H2;2*1H. The molecule has 2 rings (SSSR count). The second-order valence-corrected chi connectivity index (χ2v) is 12.2. The zero-order valence-corrected chi connectivity index (χ0v) is 26.6. The number of phenols is 1. The average Bonchev–Trinajstić information content (AvgIpc) is 2.90. The Morgan fingerprint density at radius 2 is 1.67 bits per heavy atom. The van der Waals surface area contributed by atoms with Gasteiger partial charge in [0, 0.05) is 53.7 Å². The largest absolute Gasteiger partial charge is 0.507 e. The molecule has 0 heterocycles. The number of phenolic OH excluding ortho intramolecular Hbond substituents is 1. The third-order valence-electron chi connectivity index (χ3n) is 8.48. The lowest BCUT2D eigenvalue weighted by atomic mass is 9.73. The number of aromatic hydroxyl groups is 1. The Kier molecular flexibility index (Phi) is 17.1. The highest BCUT2D eigenvalue weighted by Gasteiger charge is 2.36. The van der Waals surface area contributed by atoms with Crippen LogP contribution in [0.2, 0.25) is 0 Å². The van der Waals surface area contributed by atoms with Crippen LogP contribution in [0.5, 0.6) is 5.75 Å². The van der Waals surface area contributed by atoms with Crippen molar-refractivity contribution in [3.05, 3.63) is 22.8 Å². The Hall–Kier alpha value is -2.33. The molecule has 0 bridgehead atoms. The van der Waals surface area contributed by atoms with Crippen molar-refractivity contribution in [2.24, 2.45) is 17.8 Å². The van der Waals surface area contributed by atoms with Gasteiger partial charge in [0.25, 0.3) is 0 Å². The van der Waals surface area contributed by atoms with Crippen LogP contribution in [-0.2, 0) is 22.6 Å². The average molecular weight is 597 g/mol. The number of carbonyl (C=O) groups excluding carboxylic acids is 3. The van der Waals surface area contributed by atoms with Crippen LogP contribution in [0.25, 0.3) is 0 Å². The van der Waals surface area contributed by atoms with Gasteiger partial charge in [0.1, 0.15) is 17.3 Å². The van der Waals surface area contributed by atoms with Gasteiger partial charge in [-0.1, -0.05) is 39.5 Å². The van der Waals surface area contributed by atoms with Gasteiger partial charge in [0.15, 0.2) is 5.78 Å². The van der Waals surface area contributed by atoms with E-state index in [-0.39, 0.29) is 62.7 Å². The number of unbranched alkanes of at least 4 members (excludes halogenated alkanes) is 4. The Bertz CT molecular complexity index is 1010. The first-order valence-corrected chi connectivity index (χ1v) is 15.6. The topological polar surface area (TPSA) is 150 Å². The molecule has 0 amide bonds. The Balaban J connectivity index is 0. The molecule has 0 saturated heterocycles. The van der Waals surface area contributed by atoms with Crippen LogP contribution >= 0.6 is 0 Å². The van der Waals surface area contributed by atoms with Crippen molar-refractivity contribution in [2.75, 3.05) is 45.3 Å². The Labute approximate surface area is 255 Å². The zero-order valence-electron chi connectivity index (χ0n) is 26.6. The number of carbonyl (C=O) groups is 3. The maximum absolute atomic E-state index is 13.6. The van der Waals surface area contributed by atoms with Gasteiger partial charge in [-0.15, -0.1) is 0 Å². The molecular formula is C33H60N2O7. The minimum absolute atomic E-state index is 0. The lowest BCUT2D eigenvalue weighted by molar-refractivity contribution is -0.131. The van der Waals surface area contributed by atoms with Crippen molar-refractivity contribution < 1.29 is 38.0 Å². The van der Waals surface area contributed by atoms with Crippen LogP contribution in [0.3, 0.4) is 0 Å². The quantitative estimate of drug-likeness (QED) is 0.146. The summed E-state index contributed by atoms with van der Waals surface area (Å²) in [5, 5.41) is 31.1. The number of fused-ring (bicyclic) bond motifs is 1. The number of rotatable bonds is 20. The molecule has 1 aliphatic carbocycles. The van der Waals surface area contributed by atoms with Crippen LogP contribution < -0.4 is 4.90 Å². The van der Waals surface area contributed by atoms with Crippen LogP contribution in [0.1, 0.15) is 109 Å². The molecule has 1 aliphatic rings. The van der Waals surface area contributed by atoms with Gasteiger partial charge in [-0.05, 0) is 75.6 Å². The second-order valence-electron chi connectivity index (χ2n) is 12.2. The summed E-state index contributed by atoms with van der Waals surface area (Å²) in [7, 11) is 3.89. The van der Waals surface area contributed by atoms with E-state index in [2.05, 4.69) is 18.7 Å².